The molecule has 9 aliphatic rings. The molecule has 1 spiro atoms. The van der Waals surface area contributed by atoms with E-state index in [1.165, 1.54) is 19.6 Å². The van der Waals surface area contributed by atoms with Crippen LogP contribution in [0.3, 0.4) is 0 Å². The van der Waals surface area contributed by atoms with Gasteiger partial charge in [0, 0.05) is 13.0 Å². The van der Waals surface area contributed by atoms with Crippen LogP contribution in [0, 0.1) is 39.4 Å². The number of hydrogen-bond acceptors (Lipinski definition) is 25. The maximum absolute atomic E-state index is 14.4. The van der Waals surface area contributed by atoms with Crippen molar-refractivity contribution in [2.45, 2.75) is 241 Å². The summed E-state index contributed by atoms with van der Waals surface area (Å²) in [5.41, 5.74) is -1.21. The van der Waals surface area contributed by atoms with E-state index in [2.05, 4.69) is 38.0 Å². The molecule has 3 saturated carbocycles. The Kier molecular flexibility index (Phi) is 20.0. The number of carbonyl (C=O) groups is 1. The van der Waals surface area contributed by atoms with E-state index < -0.39 is 186 Å². The standard InChI is InChI=1S/C54H86O25S.Na/c1-23(2)11-10-16-53(8)31-14-18-52(7)25-12-13-30-50(4,5)33(15-17-51(30,6)26(25)19-32(57)54(31,52)49(65)78-53)74-48-44(36(60)29(22-70-48)79-80(66,67)68)77-45-38(62)37(61)41(24(3)71-45)75-47-40(64)43(35(59)28(21-56)73-47)76-46-39(63)42(69-9)34(58)27(20-55)72-46;/h11,19,24-25,27-48,55-64H,10,12-18,20-22H2,1-9H3,(H,66,67,68);/q;+1/p-1/t24-,25?,27-,28-,29+,30-,31?,32-,33-,34-,35-,36-,37-,38-,39-,40-,41-,42+,43+,44+,45+,46+,47+,48-,51+,52-,53-,54?;/m0./s1. The van der Waals surface area contributed by atoms with Crippen molar-refractivity contribution in [1.29, 1.82) is 0 Å². The van der Waals surface area contributed by atoms with Crippen LogP contribution >= 0.6 is 0 Å². The van der Waals surface area contributed by atoms with Gasteiger partial charge in [0.15, 0.2) is 25.2 Å². The van der Waals surface area contributed by atoms with E-state index in [1.807, 2.05) is 26.8 Å². The van der Waals surface area contributed by atoms with E-state index in [9.17, 15) is 68.8 Å². The second kappa shape index (κ2) is 24.6. The summed E-state index contributed by atoms with van der Waals surface area (Å²) in [6, 6.07) is 0. The average Bonchev–Trinajstić information content (AvgIpc) is 2.10. The molecule has 3 unspecified atom stereocenters. The normalized spacial score (nSPS) is 50.4. The Morgan fingerprint density at radius 2 is 1.31 bits per heavy atom. The maximum Gasteiger partial charge on any atom is 1.00 e. The molecule has 27 heteroatoms. The van der Waals surface area contributed by atoms with Gasteiger partial charge in [0.25, 0.3) is 0 Å². The first-order valence-corrected chi connectivity index (χ1v) is 29.4. The summed E-state index contributed by atoms with van der Waals surface area (Å²) < 4.78 is 99.9. The number of aliphatic hydroxyl groups excluding tert-OH is 10. The topological polar surface area (TPSA) is 378 Å². The van der Waals surface area contributed by atoms with Gasteiger partial charge >= 0.3 is 35.5 Å². The summed E-state index contributed by atoms with van der Waals surface area (Å²) in [5.74, 6) is -0.558. The van der Waals surface area contributed by atoms with Crippen LogP contribution < -0.4 is 29.6 Å². The van der Waals surface area contributed by atoms with Gasteiger partial charge in [-0.05, 0) is 107 Å². The number of hydrogen-bond donors (Lipinski definition) is 10. The minimum Gasteiger partial charge on any atom is -0.726 e. The number of rotatable bonds is 16. The zero-order valence-electron chi connectivity index (χ0n) is 47.8. The molecule has 0 amide bonds. The van der Waals surface area contributed by atoms with Gasteiger partial charge in [0.2, 0.25) is 10.4 Å². The molecule has 0 aromatic rings. The molecule has 25 nitrogen and oxygen atoms in total. The molecule has 0 aromatic carbocycles. The van der Waals surface area contributed by atoms with Crippen LogP contribution in [0.1, 0.15) is 107 Å². The second-order valence-electron chi connectivity index (χ2n) is 25.4. The fraction of sp³-hybridized carbons (Fsp3) is 0.907. The molecule has 0 aromatic heterocycles. The van der Waals surface area contributed by atoms with Gasteiger partial charge < -0.3 is 103 Å². The average molecular weight is 1190 g/mol. The molecular weight excluding hydrogens is 1100 g/mol. The van der Waals surface area contributed by atoms with Crippen molar-refractivity contribution in [3.63, 3.8) is 0 Å². The zero-order chi connectivity index (χ0) is 58.6. The quantitative estimate of drug-likeness (QED) is 0.0176. The van der Waals surface area contributed by atoms with Crippen molar-refractivity contribution in [1.82, 2.24) is 0 Å². The van der Waals surface area contributed by atoms with E-state index in [0.717, 1.165) is 37.7 Å². The molecule has 81 heavy (non-hydrogen) atoms. The molecule has 0 bridgehead atoms. The van der Waals surface area contributed by atoms with Crippen LogP contribution in [0.15, 0.2) is 23.3 Å². The predicted molar refractivity (Wildman–Crippen MR) is 270 cm³/mol. The number of fused-ring (bicyclic) bond motifs is 4. The van der Waals surface area contributed by atoms with Crippen LogP contribution in [0.25, 0.3) is 0 Å². The van der Waals surface area contributed by atoms with Crippen LogP contribution in [-0.4, -0.2) is 231 Å². The third kappa shape index (κ3) is 11.4. The Morgan fingerprint density at radius 1 is 0.716 bits per heavy atom. The van der Waals surface area contributed by atoms with Gasteiger partial charge in [0.1, 0.15) is 96.5 Å². The van der Waals surface area contributed by atoms with Gasteiger partial charge in [0.05, 0.1) is 38.1 Å². The summed E-state index contributed by atoms with van der Waals surface area (Å²) >= 11 is 0. The van der Waals surface area contributed by atoms with Crippen molar-refractivity contribution >= 4 is 16.4 Å². The summed E-state index contributed by atoms with van der Waals surface area (Å²) in [5, 5.41) is 112. The van der Waals surface area contributed by atoms with E-state index in [4.69, 9.17) is 47.4 Å². The molecule has 8 fully saturated rings. The summed E-state index contributed by atoms with van der Waals surface area (Å²) in [7, 11) is -4.24. The van der Waals surface area contributed by atoms with Crippen LogP contribution in [0.2, 0.25) is 0 Å². The molecule has 28 atom stereocenters. The smallest absolute Gasteiger partial charge is 0.726 e. The zero-order valence-corrected chi connectivity index (χ0v) is 50.6. The Balaban J connectivity index is 0.00000860. The molecule has 458 valence electrons. The van der Waals surface area contributed by atoms with Crippen molar-refractivity contribution in [2.24, 2.45) is 39.4 Å². The predicted octanol–water partition coefficient (Wildman–Crippen LogP) is -3.93. The molecular formula is C54H85NaO25S. The van der Waals surface area contributed by atoms with Crippen molar-refractivity contribution in [2.75, 3.05) is 26.9 Å². The largest absolute Gasteiger partial charge is 1.00 e. The molecule has 5 aliphatic heterocycles. The second-order valence-corrected chi connectivity index (χ2v) is 26.4. The molecule has 5 heterocycles. The number of ether oxygens (including phenoxy) is 10. The first-order chi connectivity index (χ1) is 37.4. The third-order valence-corrected chi connectivity index (χ3v) is 20.8. The summed E-state index contributed by atoms with van der Waals surface area (Å²) in [4.78, 5) is 14.4. The van der Waals surface area contributed by atoms with Gasteiger partial charge in [-0.2, -0.15) is 0 Å². The number of carbonyl (C=O) groups excluding carboxylic acids is 1. The van der Waals surface area contributed by atoms with E-state index in [0.29, 0.717) is 19.3 Å². The number of allylic oxidation sites excluding steroid dienone is 3. The van der Waals surface area contributed by atoms with E-state index in [1.54, 1.807) is 0 Å². The SMILES string of the molecule is CO[C@H]1[C@H](O)[C@@H](O[C@H]2[C@H](O)[C@@H](O[C@@H]3[C@@H](O)[C@H](O)[C@@H](O[C@H]4[C@H](O[C@H]5CC[C@]6(C)C7=C[C@H](O)C89C(=O)O[C@@](C)(CCC=C(C)C)C8CC[C@@]9(C)C7CC[C@H]6C5(C)C)OC[C@@H](OS(=O)(=O)[O-])[C@@H]4O)O[C@H]3C)O[C@@H](CO)[C@@H]2O)O[C@@H](CO)[C@@H]1O.[Na+]. The van der Waals surface area contributed by atoms with Crippen molar-refractivity contribution in [3.8, 4) is 0 Å². The van der Waals surface area contributed by atoms with Crippen LogP contribution in [0.5, 0.6) is 0 Å². The first-order valence-electron chi connectivity index (χ1n) is 28.1. The Morgan fingerprint density at radius 3 is 1.91 bits per heavy atom. The summed E-state index contributed by atoms with van der Waals surface area (Å²) in [6.07, 6.45) is -24.4. The van der Waals surface area contributed by atoms with Gasteiger partial charge in [-0.15, -0.1) is 0 Å². The van der Waals surface area contributed by atoms with E-state index in [-0.39, 0.29) is 53.3 Å². The molecule has 10 N–H and O–H groups in total. The fourth-order valence-corrected chi connectivity index (χ4v) is 16.7. The van der Waals surface area contributed by atoms with Crippen molar-refractivity contribution in [3.05, 3.63) is 23.3 Å². The minimum atomic E-state index is -5.42. The van der Waals surface area contributed by atoms with Crippen LogP contribution in [-0.2, 0) is 66.7 Å². The maximum atomic E-state index is 14.4. The monoisotopic (exact) mass is 1190 g/mol. The van der Waals surface area contributed by atoms with Gasteiger partial charge in [-0.3, -0.25) is 8.98 Å². The molecule has 4 aliphatic carbocycles. The third-order valence-electron chi connectivity index (χ3n) is 20.3. The van der Waals surface area contributed by atoms with Crippen LogP contribution in [0.4, 0.5) is 0 Å². The number of cyclic esters (lactones) is 1. The minimum absolute atomic E-state index is 0. The van der Waals surface area contributed by atoms with Crippen molar-refractivity contribution < 1.29 is 150 Å². The Hall–Kier alpha value is -0.940. The Bertz CT molecular complexity index is 2400. The molecule has 5 saturated heterocycles. The first kappa shape index (κ1) is 66.0. The van der Waals surface area contributed by atoms with Gasteiger partial charge in [-0.25, -0.2) is 8.42 Å². The molecule has 9 rings (SSSR count). The Labute approximate surface area is 494 Å². The number of methoxy groups -OCH3 is 1. The summed E-state index contributed by atoms with van der Waals surface area (Å²) in [6.45, 7) is 13.8. The molecule has 0 radical (unpaired) electrons. The van der Waals surface area contributed by atoms with Gasteiger partial charge in [-0.1, -0.05) is 51.0 Å². The number of aliphatic hydroxyl groups is 10. The van der Waals surface area contributed by atoms with E-state index >= 15 is 0 Å². The number of esters is 1. The fourth-order valence-electron chi connectivity index (χ4n) is 16.2.